The largest absolute Gasteiger partial charge is 0.478 e. The summed E-state index contributed by atoms with van der Waals surface area (Å²) in [5.41, 5.74) is 6.65. The van der Waals surface area contributed by atoms with Gasteiger partial charge in [0.2, 0.25) is 0 Å². The standard InChI is InChI=1S/C14H19N3O3/c1-8-9(14(19)20)6-7-12(16-8)13(18)17-11-5-3-2-4-10(11)15/h6-7,10-11H,2-5,15H2,1H3,(H,17,18)(H,19,20). The number of nitrogens with one attached hydrogen (secondary N) is 1. The maximum Gasteiger partial charge on any atom is 0.337 e. The zero-order valence-electron chi connectivity index (χ0n) is 11.4. The molecule has 0 saturated heterocycles. The number of carbonyl (C=O) groups excluding carboxylic acids is 1. The van der Waals surface area contributed by atoms with Gasteiger partial charge in [-0.25, -0.2) is 9.78 Å². The van der Waals surface area contributed by atoms with Gasteiger partial charge in [-0.15, -0.1) is 0 Å². The molecule has 1 fully saturated rings. The van der Waals surface area contributed by atoms with E-state index in [2.05, 4.69) is 10.3 Å². The fourth-order valence-electron chi connectivity index (χ4n) is 2.49. The van der Waals surface area contributed by atoms with E-state index in [1.165, 1.54) is 12.1 Å². The molecule has 0 aliphatic heterocycles. The molecule has 2 rings (SSSR count). The highest BCUT2D eigenvalue weighted by molar-refractivity contribution is 5.94. The second kappa shape index (κ2) is 6.00. The van der Waals surface area contributed by atoms with Crippen LogP contribution in [0.25, 0.3) is 0 Å². The van der Waals surface area contributed by atoms with Gasteiger partial charge in [-0.3, -0.25) is 4.79 Å². The first-order valence-corrected chi connectivity index (χ1v) is 6.76. The van der Waals surface area contributed by atoms with Crippen LogP contribution in [-0.4, -0.2) is 34.1 Å². The van der Waals surface area contributed by atoms with Gasteiger partial charge >= 0.3 is 5.97 Å². The van der Waals surface area contributed by atoms with E-state index in [0.717, 1.165) is 25.7 Å². The van der Waals surface area contributed by atoms with Crippen LogP contribution in [0.15, 0.2) is 12.1 Å². The average Bonchev–Trinajstić information content (AvgIpc) is 2.40. The van der Waals surface area contributed by atoms with Crippen molar-refractivity contribution in [3.8, 4) is 0 Å². The number of aryl methyl sites for hydroxylation is 1. The molecule has 1 aliphatic carbocycles. The Morgan fingerprint density at radius 1 is 1.35 bits per heavy atom. The number of carbonyl (C=O) groups is 2. The van der Waals surface area contributed by atoms with Crippen LogP contribution >= 0.6 is 0 Å². The van der Waals surface area contributed by atoms with Gasteiger partial charge in [0.15, 0.2) is 0 Å². The highest BCUT2D eigenvalue weighted by Crippen LogP contribution is 2.17. The quantitative estimate of drug-likeness (QED) is 0.767. The zero-order valence-corrected chi connectivity index (χ0v) is 11.4. The highest BCUT2D eigenvalue weighted by Gasteiger charge is 2.24. The van der Waals surface area contributed by atoms with E-state index in [0.29, 0.717) is 5.69 Å². The fourth-order valence-corrected chi connectivity index (χ4v) is 2.49. The van der Waals surface area contributed by atoms with Crippen LogP contribution in [0.4, 0.5) is 0 Å². The zero-order chi connectivity index (χ0) is 14.7. The van der Waals surface area contributed by atoms with E-state index in [4.69, 9.17) is 10.8 Å². The lowest BCUT2D eigenvalue weighted by Gasteiger charge is -2.29. The number of rotatable bonds is 3. The summed E-state index contributed by atoms with van der Waals surface area (Å²) in [6.45, 7) is 1.58. The molecular weight excluding hydrogens is 258 g/mol. The van der Waals surface area contributed by atoms with Gasteiger partial charge in [0.25, 0.3) is 5.91 Å². The number of aromatic nitrogens is 1. The van der Waals surface area contributed by atoms with E-state index in [-0.39, 0.29) is 29.2 Å². The minimum Gasteiger partial charge on any atom is -0.478 e. The molecule has 1 amide bonds. The third kappa shape index (κ3) is 3.14. The predicted octanol–water partition coefficient (Wildman–Crippen LogP) is 1.09. The van der Waals surface area contributed by atoms with Crippen LogP contribution in [-0.2, 0) is 0 Å². The Balaban J connectivity index is 2.09. The number of carboxylic acid groups (broad SMARTS) is 1. The van der Waals surface area contributed by atoms with Crippen molar-refractivity contribution in [2.45, 2.75) is 44.7 Å². The lowest BCUT2D eigenvalue weighted by molar-refractivity contribution is 0.0694. The number of pyridine rings is 1. The van der Waals surface area contributed by atoms with Crippen LogP contribution in [0.2, 0.25) is 0 Å². The molecule has 2 atom stereocenters. The third-order valence-electron chi connectivity index (χ3n) is 3.68. The van der Waals surface area contributed by atoms with Crippen molar-refractivity contribution in [3.63, 3.8) is 0 Å². The second-order valence-corrected chi connectivity index (χ2v) is 5.16. The summed E-state index contributed by atoms with van der Waals surface area (Å²) >= 11 is 0. The lowest BCUT2D eigenvalue weighted by Crippen LogP contribution is -2.49. The van der Waals surface area contributed by atoms with Gasteiger partial charge in [0.05, 0.1) is 11.3 Å². The number of nitrogens with two attached hydrogens (primary N) is 1. The first-order chi connectivity index (χ1) is 9.49. The molecule has 108 valence electrons. The molecule has 1 heterocycles. The van der Waals surface area contributed by atoms with E-state index >= 15 is 0 Å². The molecule has 6 heteroatoms. The number of amides is 1. The predicted molar refractivity (Wildman–Crippen MR) is 73.6 cm³/mol. The smallest absolute Gasteiger partial charge is 0.337 e. The summed E-state index contributed by atoms with van der Waals surface area (Å²) in [6, 6.07) is 2.78. The molecule has 1 aliphatic rings. The maximum atomic E-state index is 12.1. The van der Waals surface area contributed by atoms with Crippen molar-refractivity contribution in [3.05, 3.63) is 29.1 Å². The molecule has 20 heavy (non-hydrogen) atoms. The molecule has 1 aromatic heterocycles. The van der Waals surface area contributed by atoms with Gasteiger partial charge in [0, 0.05) is 12.1 Å². The third-order valence-corrected chi connectivity index (χ3v) is 3.68. The van der Waals surface area contributed by atoms with Crippen molar-refractivity contribution >= 4 is 11.9 Å². The molecule has 1 aromatic rings. The van der Waals surface area contributed by atoms with Gasteiger partial charge in [-0.2, -0.15) is 0 Å². The molecule has 0 bridgehead atoms. The Hall–Kier alpha value is -1.95. The molecule has 2 unspecified atom stereocenters. The average molecular weight is 277 g/mol. The molecular formula is C14H19N3O3. The molecule has 4 N–H and O–H groups in total. The van der Waals surface area contributed by atoms with Crippen molar-refractivity contribution in [1.29, 1.82) is 0 Å². The van der Waals surface area contributed by atoms with E-state index in [1.54, 1.807) is 6.92 Å². The number of hydrogen-bond acceptors (Lipinski definition) is 4. The summed E-state index contributed by atoms with van der Waals surface area (Å²) < 4.78 is 0. The topological polar surface area (TPSA) is 105 Å². The SMILES string of the molecule is Cc1nc(C(=O)NC2CCCCC2N)ccc1C(=O)O. The van der Waals surface area contributed by atoms with Crippen LogP contribution in [0.5, 0.6) is 0 Å². The Kier molecular flexibility index (Phi) is 4.34. The number of carboxylic acids is 1. The monoisotopic (exact) mass is 277 g/mol. The second-order valence-electron chi connectivity index (χ2n) is 5.16. The maximum absolute atomic E-state index is 12.1. The molecule has 0 aromatic carbocycles. The lowest BCUT2D eigenvalue weighted by atomic mass is 9.91. The summed E-state index contributed by atoms with van der Waals surface area (Å²) in [5.74, 6) is -1.34. The van der Waals surface area contributed by atoms with Crippen molar-refractivity contribution in [1.82, 2.24) is 10.3 Å². The van der Waals surface area contributed by atoms with Gasteiger partial charge in [0.1, 0.15) is 5.69 Å². The summed E-state index contributed by atoms with van der Waals surface area (Å²) in [7, 11) is 0. The first kappa shape index (κ1) is 14.5. The fraction of sp³-hybridized carbons (Fsp3) is 0.500. The van der Waals surface area contributed by atoms with E-state index < -0.39 is 5.97 Å². The number of aromatic carboxylic acids is 1. The minimum absolute atomic E-state index is 0.0212. The number of nitrogens with zero attached hydrogens (tertiary/aromatic N) is 1. The van der Waals surface area contributed by atoms with Crippen molar-refractivity contribution in [2.24, 2.45) is 5.73 Å². The van der Waals surface area contributed by atoms with Crippen LogP contribution in [0.3, 0.4) is 0 Å². The Labute approximate surface area is 117 Å². The molecule has 0 spiro atoms. The Morgan fingerprint density at radius 2 is 2.05 bits per heavy atom. The van der Waals surface area contributed by atoms with Gasteiger partial charge in [-0.05, 0) is 31.9 Å². The summed E-state index contributed by atoms with van der Waals surface area (Å²) in [6.07, 6.45) is 3.94. The van der Waals surface area contributed by atoms with Crippen LogP contribution in [0, 0.1) is 6.92 Å². The molecule has 6 nitrogen and oxygen atoms in total. The highest BCUT2D eigenvalue weighted by atomic mass is 16.4. The minimum atomic E-state index is -1.05. The normalized spacial score (nSPS) is 22.3. The van der Waals surface area contributed by atoms with Crippen LogP contribution < -0.4 is 11.1 Å². The van der Waals surface area contributed by atoms with E-state index in [1.807, 2.05) is 0 Å². The van der Waals surface area contributed by atoms with Crippen LogP contribution in [0.1, 0.15) is 52.2 Å². The van der Waals surface area contributed by atoms with Gasteiger partial charge < -0.3 is 16.2 Å². The Bertz CT molecular complexity index is 530. The first-order valence-electron chi connectivity index (χ1n) is 6.76. The van der Waals surface area contributed by atoms with Crippen molar-refractivity contribution in [2.75, 3.05) is 0 Å². The number of hydrogen-bond donors (Lipinski definition) is 3. The van der Waals surface area contributed by atoms with Crippen molar-refractivity contribution < 1.29 is 14.7 Å². The van der Waals surface area contributed by atoms with Gasteiger partial charge in [-0.1, -0.05) is 12.8 Å². The Morgan fingerprint density at radius 3 is 2.65 bits per heavy atom. The summed E-state index contributed by atoms with van der Waals surface area (Å²) in [5, 5.41) is 11.8. The molecule has 0 radical (unpaired) electrons. The summed E-state index contributed by atoms with van der Waals surface area (Å²) in [4.78, 5) is 27.1. The van der Waals surface area contributed by atoms with E-state index in [9.17, 15) is 9.59 Å². The molecule has 1 saturated carbocycles.